The van der Waals surface area contributed by atoms with Crippen LogP contribution in [0.3, 0.4) is 0 Å². The maximum Gasteiger partial charge on any atom is 0.171 e. The Morgan fingerprint density at radius 3 is 2.65 bits per heavy atom. The number of nitrogens with zero attached hydrogens (tertiary/aromatic N) is 4. The van der Waals surface area contributed by atoms with E-state index in [1.165, 1.54) is 19.3 Å². The zero-order valence-electron chi connectivity index (χ0n) is 11.7. The van der Waals surface area contributed by atoms with Crippen molar-refractivity contribution >= 4 is 11.6 Å². The monoisotopic (exact) mass is 269 g/mol. The molecule has 0 bridgehead atoms. The molecule has 104 valence electrons. The van der Waals surface area contributed by atoms with Crippen LogP contribution in [-0.2, 0) is 0 Å². The van der Waals surface area contributed by atoms with Crippen molar-refractivity contribution in [2.45, 2.75) is 26.2 Å². The molecule has 0 unspecified atom stereocenters. The molecule has 3 rings (SSSR count). The highest BCUT2D eigenvalue weighted by Gasteiger charge is 2.18. The average Bonchev–Trinajstić information content (AvgIpc) is 2.51. The van der Waals surface area contributed by atoms with E-state index in [1.807, 2.05) is 19.1 Å². The Morgan fingerprint density at radius 1 is 1.15 bits per heavy atom. The fourth-order valence-corrected chi connectivity index (χ4v) is 2.64. The first kappa shape index (κ1) is 12.8. The summed E-state index contributed by atoms with van der Waals surface area (Å²) in [4.78, 5) is 15.6. The minimum Gasteiger partial charge on any atom is -0.381 e. The van der Waals surface area contributed by atoms with E-state index in [4.69, 9.17) is 5.73 Å². The summed E-state index contributed by atoms with van der Waals surface area (Å²) in [6.45, 7) is 4.01. The van der Waals surface area contributed by atoms with E-state index in [0.29, 0.717) is 5.82 Å². The normalized spacial score (nSPS) is 15.3. The second-order valence-corrected chi connectivity index (χ2v) is 5.16. The molecule has 1 fully saturated rings. The van der Waals surface area contributed by atoms with Gasteiger partial charge in [-0.2, -0.15) is 0 Å². The van der Waals surface area contributed by atoms with Gasteiger partial charge < -0.3 is 10.6 Å². The molecule has 5 heteroatoms. The Bertz CT molecular complexity index is 591. The number of piperidine rings is 1. The van der Waals surface area contributed by atoms with Crippen LogP contribution in [0, 0.1) is 6.92 Å². The summed E-state index contributed by atoms with van der Waals surface area (Å²) in [6.07, 6.45) is 7.22. The molecule has 1 aliphatic rings. The van der Waals surface area contributed by atoms with Crippen LogP contribution in [-0.4, -0.2) is 28.0 Å². The maximum absolute atomic E-state index is 6.12. The Balaban J connectivity index is 1.98. The molecule has 0 aliphatic carbocycles. The highest BCUT2D eigenvalue weighted by Crippen LogP contribution is 2.27. The largest absolute Gasteiger partial charge is 0.381 e. The first-order valence-electron chi connectivity index (χ1n) is 7.05. The number of aromatic nitrogens is 3. The molecular formula is C15H19N5. The van der Waals surface area contributed by atoms with Crippen LogP contribution in [0.15, 0.2) is 24.5 Å². The topological polar surface area (TPSA) is 67.9 Å². The molecule has 0 amide bonds. The third kappa shape index (κ3) is 2.43. The second kappa shape index (κ2) is 5.45. The first-order chi connectivity index (χ1) is 9.75. The van der Waals surface area contributed by atoms with Crippen molar-refractivity contribution in [2.24, 2.45) is 0 Å². The van der Waals surface area contributed by atoms with Crippen molar-refractivity contribution in [2.75, 3.05) is 23.7 Å². The first-order valence-corrected chi connectivity index (χ1v) is 7.05. The third-order valence-corrected chi connectivity index (χ3v) is 3.67. The van der Waals surface area contributed by atoms with Crippen molar-refractivity contribution in [3.05, 3.63) is 30.2 Å². The van der Waals surface area contributed by atoms with Crippen molar-refractivity contribution in [1.29, 1.82) is 0 Å². The van der Waals surface area contributed by atoms with E-state index >= 15 is 0 Å². The molecule has 0 radical (unpaired) electrons. The minimum absolute atomic E-state index is 0.511. The molecule has 2 N–H and O–H groups in total. The molecule has 0 saturated carbocycles. The summed E-state index contributed by atoms with van der Waals surface area (Å²) in [5, 5.41) is 0. The fourth-order valence-electron chi connectivity index (χ4n) is 2.64. The van der Waals surface area contributed by atoms with Crippen LogP contribution in [0.2, 0.25) is 0 Å². The highest BCUT2D eigenvalue weighted by molar-refractivity contribution is 5.68. The van der Waals surface area contributed by atoms with Gasteiger partial charge in [0.15, 0.2) is 11.6 Å². The van der Waals surface area contributed by atoms with Crippen LogP contribution < -0.4 is 10.6 Å². The van der Waals surface area contributed by atoms with Gasteiger partial charge in [0.1, 0.15) is 0 Å². The number of pyridine rings is 1. The number of hydrogen-bond acceptors (Lipinski definition) is 5. The maximum atomic E-state index is 6.12. The van der Waals surface area contributed by atoms with Crippen LogP contribution >= 0.6 is 0 Å². The second-order valence-electron chi connectivity index (χ2n) is 5.16. The molecule has 2 aromatic rings. The SMILES string of the molecule is Cc1nc(N2CCCCC2)c(N)nc1-c1cccnc1. The van der Waals surface area contributed by atoms with Gasteiger partial charge in [-0.05, 0) is 38.3 Å². The third-order valence-electron chi connectivity index (χ3n) is 3.67. The summed E-state index contributed by atoms with van der Waals surface area (Å²) in [7, 11) is 0. The smallest absolute Gasteiger partial charge is 0.171 e. The predicted octanol–water partition coefficient (Wildman–Crippen LogP) is 2.42. The standard InChI is InChI=1S/C15H19N5/c1-11-13(12-6-5-7-17-10-12)19-14(16)15(18-11)20-8-3-2-4-9-20/h5-7,10H,2-4,8-9H2,1H3,(H2,16,19). The predicted molar refractivity (Wildman–Crippen MR) is 80.5 cm³/mol. The number of nitrogens with two attached hydrogens (primary N) is 1. The zero-order valence-corrected chi connectivity index (χ0v) is 11.7. The summed E-state index contributed by atoms with van der Waals surface area (Å²) in [5.41, 5.74) is 8.79. The van der Waals surface area contributed by atoms with Gasteiger partial charge in [0.2, 0.25) is 0 Å². The van der Waals surface area contributed by atoms with Gasteiger partial charge in [0, 0.05) is 31.0 Å². The lowest BCUT2D eigenvalue weighted by Gasteiger charge is -2.28. The molecular weight excluding hydrogens is 250 g/mol. The Hall–Kier alpha value is -2.17. The van der Waals surface area contributed by atoms with E-state index in [0.717, 1.165) is 35.9 Å². The Kier molecular flexibility index (Phi) is 3.50. The summed E-state index contributed by atoms with van der Waals surface area (Å²) in [6, 6.07) is 3.87. The summed E-state index contributed by atoms with van der Waals surface area (Å²) in [5.74, 6) is 1.34. The summed E-state index contributed by atoms with van der Waals surface area (Å²) < 4.78 is 0. The molecule has 1 aliphatic heterocycles. The van der Waals surface area contributed by atoms with Gasteiger partial charge in [-0.1, -0.05) is 0 Å². The van der Waals surface area contributed by atoms with Crippen LogP contribution in [0.5, 0.6) is 0 Å². The van der Waals surface area contributed by atoms with E-state index in [1.54, 1.807) is 12.4 Å². The Morgan fingerprint density at radius 2 is 1.95 bits per heavy atom. The van der Waals surface area contributed by atoms with Gasteiger partial charge in [-0.25, -0.2) is 9.97 Å². The van der Waals surface area contributed by atoms with E-state index in [-0.39, 0.29) is 0 Å². The molecule has 20 heavy (non-hydrogen) atoms. The lowest BCUT2D eigenvalue weighted by molar-refractivity contribution is 0.573. The molecule has 2 aromatic heterocycles. The number of nitrogen functional groups attached to an aromatic ring is 1. The fraction of sp³-hybridized carbons (Fsp3) is 0.400. The molecule has 0 spiro atoms. The quantitative estimate of drug-likeness (QED) is 0.906. The van der Waals surface area contributed by atoms with Gasteiger partial charge in [0.25, 0.3) is 0 Å². The van der Waals surface area contributed by atoms with Gasteiger partial charge in [0.05, 0.1) is 11.4 Å². The molecule has 0 aromatic carbocycles. The van der Waals surface area contributed by atoms with Gasteiger partial charge in [-0.15, -0.1) is 0 Å². The average molecular weight is 269 g/mol. The van der Waals surface area contributed by atoms with E-state index in [9.17, 15) is 0 Å². The van der Waals surface area contributed by atoms with Gasteiger partial charge >= 0.3 is 0 Å². The summed E-state index contributed by atoms with van der Waals surface area (Å²) >= 11 is 0. The number of hydrogen-bond donors (Lipinski definition) is 1. The zero-order chi connectivity index (χ0) is 13.9. The molecule has 3 heterocycles. The van der Waals surface area contributed by atoms with Gasteiger partial charge in [-0.3, -0.25) is 4.98 Å². The van der Waals surface area contributed by atoms with Crippen LogP contribution in [0.1, 0.15) is 25.0 Å². The highest BCUT2D eigenvalue weighted by atomic mass is 15.2. The van der Waals surface area contributed by atoms with Crippen molar-refractivity contribution < 1.29 is 0 Å². The van der Waals surface area contributed by atoms with E-state index < -0.39 is 0 Å². The van der Waals surface area contributed by atoms with Crippen LogP contribution in [0.4, 0.5) is 11.6 Å². The Labute approximate surface area is 118 Å². The number of rotatable bonds is 2. The van der Waals surface area contributed by atoms with Crippen molar-refractivity contribution in [3.8, 4) is 11.3 Å². The molecule has 1 saturated heterocycles. The van der Waals surface area contributed by atoms with Crippen LogP contribution in [0.25, 0.3) is 11.3 Å². The molecule has 5 nitrogen and oxygen atoms in total. The number of aryl methyl sites for hydroxylation is 1. The van der Waals surface area contributed by atoms with Crippen molar-refractivity contribution in [3.63, 3.8) is 0 Å². The molecule has 0 atom stereocenters. The number of anilines is 2. The lowest BCUT2D eigenvalue weighted by Crippen LogP contribution is -2.31. The van der Waals surface area contributed by atoms with Crippen molar-refractivity contribution in [1.82, 2.24) is 15.0 Å². The van der Waals surface area contributed by atoms with E-state index in [2.05, 4.69) is 19.9 Å². The minimum atomic E-state index is 0.511. The lowest BCUT2D eigenvalue weighted by atomic mass is 10.1.